The second-order valence-corrected chi connectivity index (χ2v) is 11.5. The lowest BCUT2D eigenvalue weighted by molar-refractivity contribution is -0.142. The molecule has 3 aliphatic rings. The van der Waals surface area contributed by atoms with Gasteiger partial charge in [-0.25, -0.2) is 0 Å². The molecular weight excluding hydrogens is 474 g/mol. The highest BCUT2D eigenvalue weighted by Gasteiger charge is 2.74. The van der Waals surface area contributed by atoms with E-state index in [-0.39, 0.29) is 29.6 Å². The third-order valence-corrected chi connectivity index (χ3v) is 9.80. The highest BCUT2D eigenvalue weighted by Crippen LogP contribution is 2.67. The predicted molar refractivity (Wildman–Crippen MR) is 140 cm³/mol. The van der Waals surface area contributed by atoms with Gasteiger partial charge in [-0.3, -0.25) is 14.4 Å². The van der Waals surface area contributed by atoms with Crippen molar-refractivity contribution in [3.05, 3.63) is 66.2 Å². The van der Waals surface area contributed by atoms with Gasteiger partial charge in [-0.15, -0.1) is 11.8 Å². The molecule has 8 heteroatoms. The normalized spacial score (nSPS) is 29.2. The predicted octanol–water partition coefficient (Wildman–Crippen LogP) is 3.37. The molecule has 3 N–H and O–H groups in total. The topological polar surface area (TPSA) is 98.7 Å². The molecule has 5 rings (SSSR count). The number of rotatable bonds is 9. The first-order chi connectivity index (χ1) is 17.5. The number of para-hydroxylation sites is 1. The summed E-state index contributed by atoms with van der Waals surface area (Å²) in [6.07, 6.45) is 3.28. The van der Waals surface area contributed by atoms with Crippen LogP contribution in [-0.2, 0) is 14.4 Å². The van der Waals surface area contributed by atoms with Crippen LogP contribution in [0.3, 0.4) is 0 Å². The number of carbonyl (C=O) groups is 3. The summed E-state index contributed by atoms with van der Waals surface area (Å²) < 4.78 is -0.682. The molecule has 3 aliphatic heterocycles. The Morgan fingerprint density at radius 1 is 1.11 bits per heavy atom. The molecule has 0 radical (unpaired) electrons. The van der Waals surface area contributed by atoms with Crippen LogP contribution in [-0.4, -0.2) is 56.9 Å². The molecule has 7 nitrogen and oxygen atoms in total. The number of fused-ring (bicyclic) bond motifs is 1. The standard InChI is InChI=1S/C28H33N3O4S/c1-2-3-16-29-26(34)24-28-15-14-21(36-28)22(25(33)30-19-12-8-5-9-13-19)23(28)27(35)31(24)20(17-32)18-10-6-4-7-11-18/h4-13,20-24,32H,2-3,14-17H2,1H3,(H,29,34)(H,30,33)/t20-,21-,22+,23+,24?,28?/m1/s1. The molecule has 2 aromatic carbocycles. The van der Waals surface area contributed by atoms with Crippen LogP contribution < -0.4 is 10.6 Å². The number of hydrogen-bond donors (Lipinski definition) is 3. The average Bonchev–Trinajstić information content (AvgIpc) is 3.54. The number of likely N-dealkylation sites (tertiary alicyclic amines) is 1. The molecule has 2 bridgehead atoms. The van der Waals surface area contributed by atoms with Crippen molar-refractivity contribution < 1.29 is 19.5 Å². The fraction of sp³-hybridized carbons (Fsp3) is 0.464. The molecule has 3 amide bonds. The van der Waals surface area contributed by atoms with Crippen molar-refractivity contribution in [1.82, 2.24) is 10.2 Å². The number of benzene rings is 2. The van der Waals surface area contributed by atoms with Crippen LogP contribution in [0.2, 0.25) is 0 Å². The van der Waals surface area contributed by atoms with E-state index in [4.69, 9.17) is 0 Å². The number of thioether (sulfide) groups is 1. The van der Waals surface area contributed by atoms with Gasteiger partial charge in [-0.2, -0.15) is 0 Å². The Labute approximate surface area is 216 Å². The molecule has 3 saturated heterocycles. The molecule has 0 aromatic heterocycles. The third-order valence-electron chi connectivity index (χ3n) is 7.85. The van der Waals surface area contributed by atoms with Gasteiger partial charge in [0, 0.05) is 17.5 Å². The summed E-state index contributed by atoms with van der Waals surface area (Å²) in [5.74, 6) is -1.71. The summed E-state index contributed by atoms with van der Waals surface area (Å²) in [6.45, 7) is 2.30. The van der Waals surface area contributed by atoms with E-state index in [9.17, 15) is 19.5 Å². The molecule has 0 aliphatic carbocycles. The number of amides is 3. The maximum absolute atomic E-state index is 14.2. The van der Waals surface area contributed by atoms with Crippen molar-refractivity contribution in [3.8, 4) is 0 Å². The summed E-state index contributed by atoms with van der Waals surface area (Å²) in [5, 5.41) is 16.5. The summed E-state index contributed by atoms with van der Waals surface area (Å²) in [6, 6.07) is 17.2. The Balaban J connectivity index is 1.52. The molecular formula is C28H33N3O4S. The minimum absolute atomic E-state index is 0.0138. The second-order valence-electron chi connectivity index (χ2n) is 9.91. The van der Waals surface area contributed by atoms with Crippen LogP contribution in [0.15, 0.2) is 60.7 Å². The zero-order valence-corrected chi connectivity index (χ0v) is 21.2. The van der Waals surface area contributed by atoms with Gasteiger partial charge in [0.15, 0.2) is 0 Å². The van der Waals surface area contributed by atoms with Gasteiger partial charge in [0.2, 0.25) is 17.7 Å². The number of nitrogens with zero attached hydrogens (tertiary/aromatic N) is 1. The molecule has 0 saturated carbocycles. The second kappa shape index (κ2) is 10.3. The highest BCUT2D eigenvalue weighted by molar-refractivity contribution is 8.02. The maximum atomic E-state index is 14.2. The number of hydrogen-bond acceptors (Lipinski definition) is 5. The van der Waals surface area contributed by atoms with Gasteiger partial charge >= 0.3 is 0 Å². The van der Waals surface area contributed by atoms with Crippen molar-refractivity contribution in [1.29, 1.82) is 0 Å². The van der Waals surface area contributed by atoms with E-state index in [0.29, 0.717) is 18.7 Å². The molecule has 2 unspecified atom stereocenters. The van der Waals surface area contributed by atoms with E-state index in [0.717, 1.165) is 24.8 Å². The summed E-state index contributed by atoms with van der Waals surface area (Å²) in [5.41, 5.74) is 1.47. The Bertz CT molecular complexity index is 1110. The third kappa shape index (κ3) is 4.10. The van der Waals surface area contributed by atoms with Crippen molar-refractivity contribution >= 4 is 35.2 Å². The maximum Gasteiger partial charge on any atom is 0.244 e. The summed E-state index contributed by atoms with van der Waals surface area (Å²) in [4.78, 5) is 43.1. The molecule has 1 spiro atoms. The van der Waals surface area contributed by atoms with E-state index in [1.807, 2.05) is 60.7 Å². The number of nitrogens with one attached hydrogen (secondary N) is 2. The minimum Gasteiger partial charge on any atom is -0.394 e. The lowest BCUT2D eigenvalue weighted by Crippen LogP contribution is -2.54. The van der Waals surface area contributed by atoms with Crippen molar-refractivity contribution in [2.24, 2.45) is 11.8 Å². The molecule has 3 fully saturated rings. The number of unbranched alkanes of at least 4 members (excludes halogenated alkanes) is 1. The summed E-state index contributed by atoms with van der Waals surface area (Å²) >= 11 is 1.64. The lowest BCUT2D eigenvalue weighted by atomic mass is 9.70. The van der Waals surface area contributed by atoms with Gasteiger partial charge in [0.25, 0.3) is 0 Å². The number of aliphatic hydroxyl groups excluding tert-OH is 1. The Hall–Kier alpha value is -2.84. The van der Waals surface area contributed by atoms with Gasteiger partial charge in [-0.05, 0) is 37.0 Å². The van der Waals surface area contributed by atoms with Gasteiger partial charge in [0.05, 0.1) is 29.2 Å². The fourth-order valence-corrected chi connectivity index (χ4v) is 8.49. The first-order valence-electron chi connectivity index (χ1n) is 12.8. The van der Waals surface area contributed by atoms with Crippen molar-refractivity contribution in [2.75, 3.05) is 18.5 Å². The zero-order chi connectivity index (χ0) is 25.3. The SMILES string of the molecule is CCCCNC(=O)C1N([C@H](CO)c2ccccc2)C(=O)[C@@H]2[C@@H](C(=O)Nc3ccccc3)[C@H]3CCC12S3. The van der Waals surface area contributed by atoms with Crippen LogP contribution in [0.5, 0.6) is 0 Å². The van der Waals surface area contributed by atoms with Crippen LogP contribution in [0.25, 0.3) is 0 Å². The number of anilines is 1. The van der Waals surface area contributed by atoms with Gasteiger partial charge < -0.3 is 20.6 Å². The van der Waals surface area contributed by atoms with E-state index in [2.05, 4.69) is 17.6 Å². The lowest BCUT2D eigenvalue weighted by Gasteiger charge is -2.37. The smallest absolute Gasteiger partial charge is 0.244 e. The van der Waals surface area contributed by atoms with E-state index < -0.39 is 28.7 Å². The van der Waals surface area contributed by atoms with Crippen LogP contribution in [0.1, 0.15) is 44.2 Å². The van der Waals surface area contributed by atoms with Crippen LogP contribution in [0.4, 0.5) is 5.69 Å². The first kappa shape index (κ1) is 24.8. The Morgan fingerprint density at radius 2 is 1.81 bits per heavy atom. The minimum atomic E-state index is -0.742. The van der Waals surface area contributed by atoms with Gasteiger partial charge in [-0.1, -0.05) is 61.9 Å². The molecule has 190 valence electrons. The van der Waals surface area contributed by atoms with E-state index in [1.54, 1.807) is 16.7 Å². The Morgan fingerprint density at radius 3 is 2.47 bits per heavy atom. The molecule has 3 heterocycles. The van der Waals surface area contributed by atoms with E-state index in [1.165, 1.54) is 0 Å². The summed E-state index contributed by atoms with van der Waals surface area (Å²) in [7, 11) is 0. The number of aliphatic hydroxyl groups is 1. The van der Waals surface area contributed by atoms with Gasteiger partial charge in [0.1, 0.15) is 6.04 Å². The molecule has 2 aromatic rings. The van der Waals surface area contributed by atoms with Crippen molar-refractivity contribution in [2.45, 2.75) is 54.7 Å². The number of carbonyl (C=O) groups excluding carboxylic acids is 3. The van der Waals surface area contributed by atoms with Crippen LogP contribution in [0, 0.1) is 11.8 Å². The monoisotopic (exact) mass is 507 g/mol. The molecule has 36 heavy (non-hydrogen) atoms. The Kier molecular flexibility index (Phi) is 7.08. The largest absolute Gasteiger partial charge is 0.394 e. The average molecular weight is 508 g/mol. The van der Waals surface area contributed by atoms with Crippen LogP contribution >= 0.6 is 11.8 Å². The fourth-order valence-electron chi connectivity index (χ4n) is 6.29. The first-order valence-corrected chi connectivity index (χ1v) is 13.7. The highest BCUT2D eigenvalue weighted by atomic mass is 32.2. The van der Waals surface area contributed by atoms with E-state index >= 15 is 0 Å². The molecule has 6 atom stereocenters. The zero-order valence-electron chi connectivity index (χ0n) is 20.4. The quantitative estimate of drug-likeness (QED) is 0.452. The van der Waals surface area contributed by atoms with Crippen molar-refractivity contribution in [3.63, 3.8) is 0 Å².